The van der Waals surface area contributed by atoms with Crippen LogP contribution in [-0.4, -0.2) is 48.3 Å². The number of hydrogen-bond acceptors (Lipinski definition) is 8. The van der Waals surface area contributed by atoms with Crippen molar-refractivity contribution in [2.24, 2.45) is 10.8 Å². The fourth-order valence-corrected chi connectivity index (χ4v) is 7.83. The normalized spacial score (nSPS) is 19.2. The number of halogens is 1. The summed E-state index contributed by atoms with van der Waals surface area (Å²) in [6.45, 7) is 12.3. The fraction of sp³-hybridized carbons (Fsp3) is 0.500. The molecule has 3 aliphatic rings. The lowest BCUT2D eigenvalue weighted by molar-refractivity contribution is -0.384. The van der Waals surface area contributed by atoms with Crippen molar-refractivity contribution in [3.63, 3.8) is 0 Å². The minimum atomic E-state index is -0.493. The molecule has 1 aliphatic heterocycles. The van der Waals surface area contributed by atoms with Crippen molar-refractivity contribution < 1.29 is 28.7 Å². The Morgan fingerprint density at radius 1 is 0.935 bits per heavy atom. The first-order valence-corrected chi connectivity index (χ1v) is 16.9. The summed E-state index contributed by atoms with van der Waals surface area (Å²) in [5.74, 6) is 0.766. The van der Waals surface area contributed by atoms with Gasteiger partial charge < -0.3 is 19.1 Å². The second kappa shape index (κ2) is 13.5. The van der Waals surface area contributed by atoms with Crippen molar-refractivity contribution in [1.82, 2.24) is 4.90 Å². The number of methoxy groups -OCH3 is 1. The number of non-ortho nitro benzene ring substituents is 1. The van der Waals surface area contributed by atoms with Crippen molar-refractivity contribution in [3.05, 3.63) is 83.7 Å². The molecule has 0 aromatic heterocycles. The maximum absolute atomic E-state index is 14.2. The van der Waals surface area contributed by atoms with Crippen LogP contribution >= 0.6 is 22.6 Å². The first kappa shape index (κ1) is 34.1. The first-order valence-electron chi connectivity index (χ1n) is 15.9. The highest BCUT2D eigenvalue weighted by atomic mass is 127. The molecule has 0 saturated heterocycles. The van der Waals surface area contributed by atoms with Gasteiger partial charge in [-0.2, -0.15) is 0 Å². The summed E-state index contributed by atoms with van der Waals surface area (Å²) in [4.78, 5) is 41.2. The topological polar surface area (TPSA) is 108 Å². The third kappa shape index (κ3) is 7.02. The van der Waals surface area contributed by atoms with E-state index >= 15 is 0 Å². The van der Waals surface area contributed by atoms with E-state index < -0.39 is 10.8 Å². The lowest BCUT2D eigenvalue weighted by atomic mass is 9.63. The Balaban J connectivity index is 1.62. The minimum Gasteiger partial charge on any atom is -0.490 e. The number of Topliss-reactive ketones (excluding diaryl/α,β-unsaturated/α-hetero) is 2. The summed E-state index contributed by atoms with van der Waals surface area (Å²) in [7, 11) is 1.69. The van der Waals surface area contributed by atoms with Crippen LogP contribution in [0.5, 0.6) is 11.5 Å². The van der Waals surface area contributed by atoms with E-state index in [0.29, 0.717) is 44.1 Å². The lowest BCUT2D eigenvalue weighted by Crippen LogP contribution is -2.44. The van der Waals surface area contributed by atoms with Crippen LogP contribution in [0, 0.1) is 24.5 Å². The minimum absolute atomic E-state index is 0.0195. The second-order valence-corrected chi connectivity index (χ2v) is 15.2. The average molecular weight is 743 g/mol. The Morgan fingerprint density at radius 2 is 1.52 bits per heavy atom. The zero-order valence-corrected chi connectivity index (χ0v) is 29.7. The molecule has 0 N–H and O–H groups in total. The summed E-state index contributed by atoms with van der Waals surface area (Å²) in [6, 6.07) is 10.2. The summed E-state index contributed by atoms with van der Waals surface area (Å²) in [6.07, 6.45) is 3.11. The fourth-order valence-electron chi connectivity index (χ4n) is 7.05. The highest BCUT2D eigenvalue weighted by Crippen LogP contribution is 2.55. The Labute approximate surface area is 284 Å². The van der Waals surface area contributed by atoms with Gasteiger partial charge in [0.25, 0.3) is 5.69 Å². The molecule has 0 fully saturated rings. The molecule has 2 aromatic rings. The molecule has 0 radical (unpaired) electrons. The van der Waals surface area contributed by atoms with Gasteiger partial charge in [-0.25, -0.2) is 0 Å². The van der Waals surface area contributed by atoms with Gasteiger partial charge >= 0.3 is 0 Å². The van der Waals surface area contributed by atoms with Gasteiger partial charge in [0.1, 0.15) is 6.61 Å². The first-order chi connectivity index (χ1) is 21.7. The van der Waals surface area contributed by atoms with Gasteiger partial charge in [0.2, 0.25) is 0 Å². The SMILES string of the molecule is CCOc1cc(C2C3=C(CC(C)(C)CC3=O)N(CCCOC)C3=C2C(=O)CC(C)(C)C3)cc(I)c1OCc1ccc([N+](=O)[O-])cc1. The van der Waals surface area contributed by atoms with Crippen molar-refractivity contribution in [2.75, 3.05) is 26.9 Å². The molecule has 10 heteroatoms. The molecular formula is C36H43IN2O7. The Bertz CT molecular complexity index is 1550. The lowest BCUT2D eigenvalue weighted by Gasteiger charge is -2.49. The number of ether oxygens (including phenoxy) is 3. The number of carbonyl (C=O) groups excluding carboxylic acids is 2. The van der Waals surface area contributed by atoms with Crippen molar-refractivity contribution >= 4 is 39.8 Å². The van der Waals surface area contributed by atoms with Crippen LogP contribution in [0.3, 0.4) is 0 Å². The summed E-state index contributed by atoms with van der Waals surface area (Å²) < 4.78 is 18.6. The summed E-state index contributed by atoms with van der Waals surface area (Å²) >= 11 is 2.23. The molecule has 0 spiro atoms. The maximum atomic E-state index is 14.2. The summed E-state index contributed by atoms with van der Waals surface area (Å²) in [5.41, 5.74) is 4.74. The monoisotopic (exact) mass is 742 g/mol. The van der Waals surface area contributed by atoms with Crippen LogP contribution < -0.4 is 9.47 Å². The van der Waals surface area contributed by atoms with Gasteiger partial charge in [-0.3, -0.25) is 19.7 Å². The second-order valence-electron chi connectivity index (χ2n) is 14.0. The van der Waals surface area contributed by atoms with Gasteiger partial charge in [0.05, 0.1) is 15.1 Å². The molecule has 5 rings (SSSR count). The smallest absolute Gasteiger partial charge is 0.269 e. The van der Waals surface area contributed by atoms with E-state index in [9.17, 15) is 19.7 Å². The number of hydrogen-bond donors (Lipinski definition) is 0. The average Bonchev–Trinajstić information content (AvgIpc) is 2.96. The van der Waals surface area contributed by atoms with Gasteiger partial charge in [0.15, 0.2) is 23.1 Å². The number of nitro groups is 1. The molecule has 9 nitrogen and oxygen atoms in total. The van der Waals surface area contributed by atoms with Crippen molar-refractivity contribution in [1.29, 1.82) is 0 Å². The van der Waals surface area contributed by atoms with Crippen LogP contribution in [0.25, 0.3) is 0 Å². The van der Waals surface area contributed by atoms with E-state index in [2.05, 4.69) is 55.2 Å². The van der Waals surface area contributed by atoms with E-state index in [4.69, 9.17) is 14.2 Å². The number of nitrogens with zero attached hydrogens (tertiary/aromatic N) is 2. The van der Waals surface area contributed by atoms with Crippen LogP contribution in [0.4, 0.5) is 5.69 Å². The van der Waals surface area contributed by atoms with E-state index in [1.54, 1.807) is 19.2 Å². The van der Waals surface area contributed by atoms with Crippen molar-refractivity contribution in [2.45, 2.75) is 79.2 Å². The van der Waals surface area contributed by atoms with Gasteiger partial charge in [-0.1, -0.05) is 27.7 Å². The van der Waals surface area contributed by atoms with Crippen LogP contribution in [0.2, 0.25) is 0 Å². The molecule has 46 heavy (non-hydrogen) atoms. The number of ketones is 2. The summed E-state index contributed by atoms with van der Waals surface area (Å²) in [5, 5.41) is 11.1. The van der Waals surface area contributed by atoms with Crippen LogP contribution in [0.15, 0.2) is 58.9 Å². The van der Waals surface area contributed by atoms with Crippen LogP contribution in [0.1, 0.15) is 83.8 Å². The molecule has 0 atom stereocenters. The van der Waals surface area contributed by atoms with Gasteiger partial charge in [0, 0.05) is 73.7 Å². The molecule has 2 aromatic carbocycles. The zero-order chi connectivity index (χ0) is 33.4. The predicted molar refractivity (Wildman–Crippen MR) is 184 cm³/mol. The van der Waals surface area contributed by atoms with Crippen molar-refractivity contribution in [3.8, 4) is 11.5 Å². The largest absolute Gasteiger partial charge is 0.490 e. The van der Waals surface area contributed by atoms with E-state index in [1.807, 2.05) is 19.1 Å². The third-order valence-corrected chi connectivity index (χ3v) is 9.75. The number of benzene rings is 2. The Kier molecular flexibility index (Phi) is 9.98. The Hall–Kier alpha value is -3.25. The highest BCUT2D eigenvalue weighted by Gasteiger charge is 2.49. The molecule has 0 bridgehead atoms. The predicted octanol–water partition coefficient (Wildman–Crippen LogP) is 7.90. The number of nitro benzene ring substituents is 1. The van der Waals surface area contributed by atoms with Gasteiger partial charge in [-0.15, -0.1) is 0 Å². The highest BCUT2D eigenvalue weighted by molar-refractivity contribution is 14.1. The number of carbonyl (C=O) groups is 2. The Morgan fingerprint density at radius 3 is 2.04 bits per heavy atom. The molecule has 246 valence electrons. The van der Waals surface area contributed by atoms with Crippen LogP contribution in [-0.2, 0) is 20.9 Å². The molecule has 0 unspecified atom stereocenters. The van der Waals surface area contributed by atoms with E-state index in [1.165, 1.54) is 12.1 Å². The standard InChI is InChI=1S/C36H43IN2O7/c1-7-45-30-16-23(15-25(37)34(30)46-21-22-9-11-24(12-10-22)39(42)43)31-32-26(17-35(2,3)19-28(32)40)38(13-8-14-44-6)27-18-36(4,5)20-29(41)33(27)31/h9-12,15-16,31H,7-8,13-14,17-21H2,1-6H3. The number of allylic oxidation sites excluding steroid dienone is 4. The van der Waals surface area contributed by atoms with E-state index in [-0.39, 0.29) is 34.7 Å². The van der Waals surface area contributed by atoms with E-state index in [0.717, 1.165) is 56.5 Å². The maximum Gasteiger partial charge on any atom is 0.269 e. The zero-order valence-electron chi connectivity index (χ0n) is 27.5. The molecule has 0 saturated carbocycles. The number of rotatable bonds is 11. The molecule has 2 aliphatic carbocycles. The quantitative estimate of drug-likeness (QED) is 0.0991. The molecule has 1 heterocycles. The third-order valence-electron chi connectivity index (χ3n) is 8.95. The van der Waals surface area contributed by atoms with Gasteiger partial charge in [-0.05, 0) is 95.0 Å². The molecular weight excluding hydrogens is 699 g/mol. The molecule has 0 amide bonds.